The van der Waals surface area contributed by atoms with Gasteiger partial charge < -0.3 is 20.8 Å². The van der Waals surface area contributed by atoms with Crippen LogP contribution in [0.4, 0.5) is 5.69 Å². The lowest BCUT2D eigenvalue weighted by atomic mass is 10.1. The van der Waals surface area contributed by atoms with Crippen molar-refractivity contribution >= 4 is 5.69 Å². The third kappa shape index (κ3) is 2.65. The summed E-state index contributed by atoms with van der Waals surface area (Å²) in [5.74, 6) is 0.0994. The Kier molecular flexibility index (Phi) is 4.58. The van der Waals surface area contributed by atoms with E-state index in [4.69, 9.17) is 5.73 Å². The number of hydrogen-bond donors (Lipinski definition) is 3. The molecule has 16 heavy (non-hydrogen) atoms. The summed E-state index contributed by atoms with van der Waals surface area (Å²) in [6, 6.07) is 5.28. The minimum atomic E-state index is -0.800. The maximum Gasteiger partial charge on any atom is 0.123 e. The van der Waals surface area contributed by atoms with Gasteiger partial charge in [0, 0.05) is 37.0 Å². The second-order valence-corrected chi connectivity index (χ2v) is 3.67. The molecule has 0 aliphatic carbocycles. The molecule has 0 fully saturated rings. The van der Waals surface area contributed by atoms with Crippen LogP contribution in [-0.4, -0.2) is 29.8 Å². The fraction of sp³-hybridized carbons (Fsp3) is 0.500. The summed E-state index contributed by atoms with van der Waals surface area (Å²) >= 11 is 0. The molecular weight excluding hydrogens is 204 g/mol. The highest BCUT2D eigenvalue weighted by molar-refractivity contribution is 5.53. The second-order valence-electron chi connectivity index (χ2n) is 3.67. The maximum atomic E-state index is 9.79. The SMILES string of the molecule is CCN(CC)c1ccc([C@@H](O)CN)c(O)c1. The quantitative estimate of drug-likeness (QED) is 0.703. The lowest BCUT2D eigenvalue weighted by Crippen LogP contribution is -2.21. The van der Waals surface area contributed by atoms with Gasteiger partial charge in [0.2, 0.25) is 0 Å². The number of phenolic OH excluding ortho intramolecular Hbond substituents is 1. The van der Waals surface area contributed by atoms with Crippen LogP contribution in [0, 0.1) is 0 Å². The van der Waals surface area contributed by atoms with Crippen molar-refractivity contribution in [1.29, 1.82) is 0 Å². The second kappa shape index (κ2) is 5.72. The van der Waals surface area contributed by atoms with Crippen molar-refractivity contribution in [3.05, 3.63) is 23.8 Å². The molecule has 1 atom stereocenters. The van der Waals surface area contributed by atoms with Gasteiger partial charge in [0.1, 0.15) is 5.75 Å². The minimum absolute atomic E-state index is 0.0994. The molecule has 4 nitrogen and oxygen atoms in total. The Bertz CT molecular complexity index is 338. The van der Waals surface area contributed by atoms with Gasteiger partial charge in [-0.1, -0.05) is 6.07 Å². The molecular formula is C12H20N2O2. The number of rotatable bonds is 5. The van der Waals surface area contributed by atoms with Gasteiger partial charge in [-0.3, -0.25) is 0 Å². The van der Waals surface area contributed by atoms with Crippen molar-refractivity contribution in [3.63, 3.8) is 0 Å². The summed E-state index contributed by atoms with van der Waals surface area (Å²) < 4.78 is 0. The van der Waals surface area contributed by atoms with Crippen molar-refractivity contribution in [2.45, 2.75) is 20.0 Å². The molecule has 0 aliphatic rings. The van der Waals surface area contributed by atoms with E-state index in [-0.39, 0.29) is 12.3 Å². The van der Waals surface area contributed by atoms with Crippen LogP contribution in [0.5, 0.6) is 5.75 Å². The summed E-state index contributed by atoms with van der Waals surface area (Å²) in [4.78, 5) is 2.12. The number of aliphatic hydroxyl groups excluding tert-OH is 1. The maximum absolute atomic E-state index is 9.79. The number of aliphatic hydroxyl groups is 1. The zero-order valence-corrected chi connectivity index (χ0v) is 9.85. The minimum Gasteiger partial charge on any atom is -0.507 e. The normalized spacial score (nSPS) is 12.5. The highest BCUT2D eigenvalue weighted by atomic mass is 16.3. The van der Waals surface area contributed by atoms with Crippen molar-refractivity contribution < 1.29 is 10.2 Å². The van der Waals surface area contributed by atoms with Crippen LogP contribution in [-0.2, 0) is 0 Å². The standard InChI is InChI=1S/C12H20N2O2/c1-3-14(4-2)9-5-6-10(11(15)7-9)12(16)8-13/h5-7,12,15-16H,3-4,8,13H2,1-2H3/t12-/m0/s1. The molecule has 1 aromatic rings. The fourth-order valence-corrected chi connectivity index (χ4v) is 1.73. The smallest absolute Gasteiger partial charge is 0.123 e. The lowest BCUT2D eigenvalue weighted by molar-refractivity contribution is 0.182. The fourth-order valence-electron chi connectivity index (χ4n) is 1.73. The van der Waals surface area contributed by atoms with Gasteiger partial charge in [-0.05, 0) is 19.9 Å². The van der Waals surface area contributed by atoms with Gasteiger partial charge in [-0.25, -0.2) is 0 Å². The topological polar surface area (TPSA) is 69.7 Å². The van der Waals surface area contributed by atoms with E-state index in [9.17, 15) is 10.2 Å². The van der Waals surface area contributed by atoms with Crippen molar-refractivity contribution in [2.75, 3.05) is 24.5 Å². The lowest BCUT2D eigenvalue weighted by Gasteiger charge is -2.22. The third-order valence-corrected chi connectivity index (χ3v) is 2.72. The first-order valence-electron chi connectivity index (χ1n) is 5.60. The molecule has 0 amide bonds. The van der Waals surface area contributed by atoms with Gasteiger partial charge in [0.05, 0.1) is 6.10 Å². The number of nitrogens with zero attached hydrogens (tertiary/aromatic N) is 1. The van der Waals surface area contributed by atoms with Crippen LogP contribution >= 0.6 is 0 Å². The molecule has 0 aromatic heterocycles. The molecule has 90 valence electrons. The van der Waals surface area contributed by atoms with Crippen LogP contribution in [0.15, 0.2) is 18.2 Å². The molecule has 0 radical (unpaired) electrons. The third-order valence-electron chi connectivity index (χ3n) is 2.72. The van der Waals surface area contributed by atoms with E-state index in [1.165, 1.54) is 0 Å². The molecule has 0 saturated carbocycles. The Labute approximate surface area is 96.3 Å². The molecule has 4 heteroatoms. The zero-order chi connectivity index (χ0) is 12.1. The molecule has 0 heterocycles. The highest BCUT2D eigenvalue weighted by Gasteiger charge is 2.12. The van der Waals surface area contributed by atoms with E-state index >= 15 is 0 Å². The molecule has 0 unspecified atom stereocenters. The van der Waals surface area contributed by atoms with Crippen LogP contribution in [0.3, 0.4) is 0 Å². The Balaban J connectivity index is 2.98. The Morgan fingerprint density at radius 1 is 1.31 bits per heavy atom. The van der Waals surface area contributed by atoms with Gasteiger partial charge >= 0.3 is 0 Å². The predicted molar refractivity (Wildman–Crippen MR) is 65.7 cm³/mol. The van der Waals surface area contributed by atoms with E-state index in [2.05, 4.69) is 18.7 Å². The number of aromatic hydroxyl groups is 1. The van der Waals surface area contributed by atoms with Gasteiger partial charge in [0.15, 0.2) is 0 Å². The van der Waals surface area contributed by atoms with Crippen LogP contribution in [0.1, 0.15) is 25.5 Å². The number of phenols is 1. The zero-order valence-electron chi connectivity index (χ0n) is 9.85. The summed E-state index contributed by atoms with van der Waals surface area (Å²) in [6.07, 6.45) is -0.800. The first-order chi connectivity index (χ1) is 7.63. The molecule has 1 rings (SSSR count). The summed E-state index contributed by atoms with van der Waals surface area (Å²) in [6.45, 7) is 5.99. The highest BCUT2D eigenvalue weighted by Crippen LogP contribution is 2.28. The monoisotopic (exact) mass is 224 g/mol. The van der Waals surface area contributed by atoms with Crippen molar-refractivity contribution in [3.8, 4) is 5.75 Å². The average molecular weight is 224 g/mol. The Morgan fingerprint density at radius 2 is 1.94 bits per heavy atom. The number of nitrogens with two attached hydrogens (primary N) is 1. The molecule has 0 aliphatic heterocycles. The molecule has 0 saturated heterocycles. The van der Waals surface area contributed by atoms with Crippen LogP contribution < -0.4 is 10.6 Å². The van der Waals surface area contributed by atoms with Crippen LogP contribution in [0.25, 0.3) is 0 Å². The number of anilines is 1. The van der Waals surface area contributed by atoms with E-state index in [1.807, 2.05) is 6.07 Å². The number of benzene rings is 1. The van der Waals surface area contributed by atoms with E-state index < -0.39 is 6.10 Å². The predicted octanol–water partition coefficient (Wildman–Crippen LogP) is 1.23. The molecule has 0 spiro atoms. The van der Waals surface area contributed by atoms with E-state index in [0.29, 0.717) is 5.56 Å². The summed E-state index contributed by atoms with van der Waals surface area (Å²) in [7, 11) is 0. The first-order valence-corrected chi connectivity index (χ1v) is 5.60. The molecule has 4 N–H and O–H groups in total. The Hall–Kier alpha value is -1.26. The first kappa shape index (κ1) is 12.8. The summed E-state index contributed by atoms with van der Waals surface area (Å²) in [5.41, 5.74) is 6.79. The van der Waals surface area contributed by atoms with E-state index in [0.717, 1.165) is 18.8 Å². The molecule has 0 bridgehead atoms. The summed E-state index contributed by atoms with van der Waals surface area (Å²) in [5, 5.41) is 19.3. The Morgan fingerprint density at radius 3 is 2.38 bits per heavy atom. The average Bonchev–Trinajstić information content (AvgIpc) is 2.30. The van der Waals surface area contributed by atoms with Crippen molar-refractivity contribution in [1.82, 2.24) is 0 Å². The van der Waals surface area contributed by atoms with Crippen LogP contribution in [0.2, 0.25) is 0 Å². The van der Waals surface area contributed by atoms with Gasteiger partial charge in [0.25, 0.3) is 0 Å². The molecule has 1 aromatic carbocycles. The van der Waals surface area contributed by atoms with Gasteiger partial charge in [-0.2, -0.15) is 0 Å². The van der Waals surface area contributed by atoms with Crippen molar-refractivity contribution in [2.24, 2.45) is 5.73 Å². The van der Waals surface area contributed by atoms with Gasteiger partial charge in [-0.15, -0.1) is 0 Å². The van der Waals surface area contributed by atoms with E-state index in [1.54, 1.807) is 12.1 Å². The number of hydrogen-bond acceptors (Lipinski definition) is 4. The largest absolute Gasteiger partial charge is 0.507 e.